The Morgan fingerprint density at radius 1 is 1.03 bits per heavy atom. The summed E-state index contributed by atoms with van der Waals surface area (Å²) in [7, 11) is -3.14. The number of nitrogens with zero attached hydrogens (tertiary/aromatic N) is 4. The summed E-state index contributed by atoms with van der Waals surface area (Å²) in [5, 5.41) is 5.85. The second-order valence-corrected chi connectivity index (χ2v) is 11.1. The predicted molar refractivity (Wildman–Crippen MR) is 136 cm³/mol. The summed E-state index contributed by atoms with van der Waals surface area (Å²) in [5.74, 6) is 1.02. The van der Waals surface area contributed by atoms with E-state index in [1.807, 2.05) is 24.7 Å². The van der Waals surface area contributed by atoms with Crippen molar-refractivity contribution in [3.63, 3.8) is 0 Å². The summed E-state index contributed by atoms with van der Waals surface area (Å²) in [6, 6.07) is 8.78. The third-order valence-corrected chi connectivity index (χ3v) is 8.04. The Morgan fingerprint density at radius 2 is 1.79 bits per heavy atom. The highest BCUT2D eigenvalue weighted by molar-refractivity contribution is 7.88. The van der Waals surface area contributed by atoms with Crippen LogP contribution in [-0.2, 0) is 14.8 Å². The van der Waals surface area contributed by atoms with Crippen LogP contribution in [0.3, 0.4) is 0 Å². The fourth-order valence-corrected chi connectivity index (χ4v) is 5.74. The van der Waals surface area contributed by atoms with Gasteiger partial charge in [-0.1, -0.05) is 0 Å². The number of aromatic nitrogens is 2. The lowest BCUT2D eigenvalue weighted by Crippen LogP contribution is -2.41. The first-order valence-corrected chi connectivity index (χ1v) is 13.6. The molecule has 0 radical (unpaired) electrons. The van der Waals surface area contributed by atoms with Crippen molar-refractivity contribution in [3.05, 3.63) is 48.4 Å². The van der Waals surface area contributed by atoms with Gasteiger partial charge in [0.25, 0.3) is 0 Å². The maximum absolute atomic E-state index is 11.9. The summed E-state index contributed by atoms with van der Waals surface area (Å²) in [6.45, 7) is 6.39. The Bertz CT molecular complexity index is 1280. The second-order valence-electron chi connectivity index (χ2n) is 9.17. The molecule has 2 saturated heterocycles. The van der Waals surface area contributed by atoms with E-state index < -0.39 is 10.0 Å². The number of hydrogen-bond acceptors (Lipinski definition) is 7. The van der Waals surface area contributed by atoms with Gasteiger partial charge in [-0.25, -0.2) is 17.7 Å². The van der Waals surface area contributed by atoms with Gasteiger partial charge in [-0.05, 0) is 60.5 Å². The van der Waals surface area contributed by atoms with E-state index >= 15 is 0 Å². The van der Waals surface area contributed by atoms with E-state index in [-0.39, 0.29) is 6.04 Å². The van der Waals surface area contributed by atoms with Gasteiger partial charge in [0, 0.05) is 67.4 Å². The number of sulfonamides is 1. The van der Waals surface area contributed by atoms with Crippen LogP contribution in [0.2, 0.25) is 0 Å². The quantitative estimate of drug-likeness (QED) is 0.598. The zero-order chi connectivity index (χ0) is 23.7. The Kier molecular flexibility index (Phi) is 6.42. The van der Waals surface area contributed by atoms with Crippen LogP contribution < -0.4 is 10.2 Å². The molecular formula is C25H31N5O3S. The number of aryl methyl sites for hydroxylation is 1. The third-order valence-electron chi connectivity index (χ3n) is 6.73. The van der Waals surface area contributed by atoms with Crippen molar-refractivity contribution < 1.29 is 13.2 Å². The first-order valence-electron chi connectivity index (χ1n) is 11.8. The number of piperidine rings is 1. The molecule has 0 unspecified atom stereocenters. The van der Waals surface area contributed by atoms with E-state index in [1.165, 1.54) is 6.26 Å². The van der Waals surface area contributed by atoms with E-state index in [4.69, 9.17) is 9.72 Å². The molecule has 0 aliphatic carbocycles. The van der Waals surface area contributed by atoms with E-state index in [0.717, 1.165) is 78.1 Å². The SMILES string of the molecule is Cc1cc(-c2cc(NC3CCN(S(C)(=O)=O)CC3)c3cnccc3c2)cnc1N1CCOCC1. The number of benzene rings is 1. The fourth-order valence-electron chi connectivity index (χ4n) is 4.87. The molecule has 9 heteroatoms. The number of pyridine rings is 2. The van der Waals surface area contributed by atoms with E-state index in [1.54, 1.807) is 4.31 Å². The lowest BCUT2D eigenvalue weighted by atomic mass is 9.99. The van der Waals surface area contributed by atoms with Gasteiger partial charge in [-0.3, -0.25) is 4.98 Å². The van der Waals surface area contributed by atoms with Gasteiger partial charge in [0.1, 0.15) is 5.82 Å². The summed E-state index contributed by atoms with van der Waals surface area (Å²) in [6.07, 6.45) is 8.48. The molecule has 1 aromatic carbocycles. The molecule has 0 saturated carbocycles. The highest BCUT2D eigenvalue weighted by Crippen LogP contribution is 2.33. The number of anilines is 2. The van der Waals surface area contributed by atoms with Crippen LogP contribution >= 0.6 is 0 Å². The highest BCUT2D eigenvalue weighted by Gasteiger charge is 2.25. The Morgan fingerprint density at radius 3 is 2.50 bits per heavy atom. The second kappa shape index (κ2) is 9.48. The molecule has 3 aromatic rings. The number of morpholine rings is 1. The van der Waals surface area contributed by atoms with Crippen LogP contribution in [0.25, 0.3) is 21.9 Å². The fraction of sp³-hybridized carbons (Fsp3) is 0.440. The molecule has 0 atom stereocenters. The summed E-state index contributed by atoms with van der Waals surface area (Å²) >= 11 is 0. The van der Waals surface area contributed by atoms with Crippen LogP contribution in [0.4, 0.5) is 11.5 Å². The summed E-state index contributed by atoms with van der Waals surface area (Å²) in [5.41, 5.74) is 4.34. The van der Waals surface area contributed by atoms with Crippen LogP contribution in [-0.4, -0.2) is 74.4 Å². The monoisotopic (exact) mass is 481 g/mol. The summed E-state index contributed by atoms with van der Waals surface area (Å²) in [4.78, 5) is 11.4. The molecular weight excluding hydrogens is 450 g/mol. The van der Waals surface area contributed by atoms with Gasteiger partial charge in [-0.2, -0.15) is 0 Å². The Labute approximate surface area is 201 Å². The van der Waals surface area contributed by atoms with E-state index in [9.17, 15) is 8.42 Å². The largest absolute Gasteiger partial charge is 0.382 e. The molecule has 0 bridgehead atoms. The van der Waals surface area contributed by atoms with Crippen LogP contribution in [0.1, 0.15) is 18.4 Å². The van der Waals surface area contributed by atoms with Gasteiger partial charge in [0.15, 0.2) is 0 Å². The molecule has 34 heavy (non-hydrogen) atoms. The average Bonchev–Trinajstić information content (AvgIpc) is 2.84. The van der Waals surface area contributed by atoms with E-state index in [0.29, 0.717) is 13.1 Å². The minimum atomic E-state index is -3.14. The van der Waals surface area contributed by atoms with Crippen LogP contribution in [0.15, 0.2) is 42.9 Å². The first kappa shape index (κ1) is 23.0. The average molecular weight is 482 g/mol. The van der Waals surface area contributed by atoms with Crippen molar-refractivity contribution in [1.29, 1.82) is 0 Å². The van der Waals surface area contributed by atoms with Gasteiger partial charge < -0.3 is 15.0 Å². The highest BCUT2D eigenvalue weighted by atomic mass is 32.2. The number of nitrogens with one attached hydrogen (secondary N) is 1. The van der Waals surface area contributed by atoms with Crippen molar-refractivity contribution in [1.82, 2.24) is 14.3 Å². The van der Waals surface area contributed by atoms with Crippen LogP contribution in [0, 0.1) is 6.92 Å². The Balaban J connectivity index is 1.43. The molecule has 0 spiro atoms. The molecule has 4 heterocycles. The van der Waals surface area contributed by atoms with Gasteiger partial charge in [0.05, 0.1) is 19.5 Å². The number of hydrogen-bond donors (Lipinski definition) is 1. The molecule has 2 fully saturated rings. The smallest absolute Gasteiger partial charge is 0.211 e. The van der Waals surface area contributed by atoms with Gasteiger partial charge >= 0.3 is 0 Å². The third kappa shape index (κ3) is 4.87. The van der Waals surface area contributed by atoms with Crippen molar-refractivity contribution in [2.45, 2.75) is 25.8 Å². The van der Waals surface area contributed by atoms with Crippen molar-refractivity contribution in [2.75, 3.05) is 55.9 Å². The molecule has 1 N–H and O–H groups in total. The summed E-state index contributed by atoms with van der Waals surface area (Å²) < 4.78 is 30.8. The molecule has 0 amide bonds. The number of rotatable bonds is 5. The molecule has 2 aromatic heterocycles. The lowest BCUT2D eigenvalue weighted by molar-refractivity contribution is 0.122. The van der Waals surface area contributed by atoms with E-state index in [2.05, 4.69) is 40.3 Å². The zero-order valence-corrected chi connectivity index (χ0v) is 20.5. The van der Waals surface area contributed by atoms with Crippen molar-refractivity contribution in [2.24, 2.45) is 0 Å². The molecule has 8 nitrogen and oxygen atoms in total. The standard InChI is InChI=1S/C25H31N5O3S/c1-18-13-21(16-27-25(18)29-9-11-33-12-10-29)20-14-19-3-6-26-17-23(19)24(15-20)28-22-4-7-30(8-5-22)34(2,31)32/h3,6,13-17,22,28H,4-5,7-12H2,1-2H3. The molecule has 2 aliphatic heterocycles. The lowest BCUT2D eigenvalue weighted by Gasteiger charge is -2.31. The molecule has 180 valence electrons. The number of ether oxygens (including phenoxy) is 1. The zero-order valence-electron chi connectivity index (χ0n) is 19.7. The maximum atomic E-state index is 11.9. The molecule has 2 aliphatic rings. The van der Waals surface area contributed by atoms with Gasteiger partial charge in [0.2, 0.25) is 10.0 Å². The molecule has 5 rings (SSSR count). The van der Waals surface area contributed by atoms with Gasteiger partial charge in [-0.15, -0.1) is 0 Å². The van der Waals surface area contributed by atoms with Crippen molar-refractivity contribution >= 4 is 32.3 Å². The van der Waals surface area contributed by atoms with Crippen LogP contribution in [0.5, 0.6) is 0 Å². The normalized spacial score (nSPS) is 18.4. The van der Waals surface area contributed by atoms with Crippen molar-refractivity contribution in [3.8, 4) is 11.1 Å². The Hall–Kier alpha value is -2.75. The first-order chi connectivity index (χ1) is 16.4. The minimum Gasteiger partial charge on any atom is -0.382 e. The predicted octanol–water partition coefficient (Wildman–Crippen LogP) is 3.28. The minimum absolute atomic E-state index is 0.209. The topological polar surface area (TPSA) is 87.7 Å². The number of fused-ring (bicyclic) bond motifs is 1. The maximum Gasteiger partial charge on any atom is 0.211 e.